The van der Waals surface area contributed by atoms with Gasteiger partial charge in [0.05, 0.1) is 6.61 Å². The molecule has 9 heteroatoms. The van der Waals surface area contributed by atoms with Crippen molar-refractivity contribution in [2.24, 2.45) is 17.3 Å². The number of pyridine rings is 1. The molecule has 24 heavy (non-hydrogen) atoms. The van der Waals surface area contributed by atoms with Crippen LogP contribution >= 0.6 is 0 Å². The highest BCUT2D eigenvalue weighted by molar-refractivity contribution is 5.97. The zero-order valence-electron chi connectivity index (χ0n) is 14.1. The second-order valence-corrected chi connectivity index (χ2v) is 5.14. The Kier molecular flexibility index (Phi) is 4.82. The fraction of sp³-hybridized carbons (Fsp3) is 0.400. The average Bonchev–Trinajstić information content (AvgIpc) is 2.87. The van der Waals surface area contributed by atoms with Gasteiger partial charge >= 0.3 is 5.97 Å². The maximum Gasteiger partial charge on any atom is 0.341 e. The molecular formula is C15H18N4O5. The monoisotopic (exact) mass is 334 g/mol. The van der Waals surface area contributed by atoms with Gasteiger partial charge in [-0.3, -0.25) is 9.36 Å². The van der Waals surface area contributed by atoms with Gasteiger partial charge in [0, 0.05) is 18.2 Å². The van der Waals surface area contributed by atoms with Crippen molar-refractivity contribution in [2.45, 2.75) is 27.7 Å². The molecule has 0 atom stereocenters. The van der Waals surface area contributed by atoms with Crippen molar-refractivity contribution in [3.8, 4) is 5.88 Å². The Labute approximate surface area is 137 Å². The van der Waals surface area contributed by atoms with Gasteiger partial charge in [0.15, 0.2) is 5.69 Å². The Morgan fingerprint density at radius 1 is 1.29 bits per heavy atom. The summed E-state index contributed by atoms with van der Waals surface area (Å²) in [5.74, 6) is -0.455. The maximum atomic E-state index is 12.2. The summed E-state index contributed by atoms with van der Waals surface area (Å²) in [7, 11) is 1.37. The van der Waals surface area contributed by atoms with E-state index in [0.717, 1.165) is 4.57 Å². The topological polar surface area (TPSA) is 119 Å². The van der Waals surface area contributed by atoms with Crippen LogP contribution in [0.25, 0.3) is 0 Å². The summed E-state index contributed by atoms with van der Waals surface area (Å²) in [6, 6.07) is 0. The van der Waals surface area contributed by atoms with E-state index in [1.54, 1.807) is 20.8 Å². The van der Waals surface area contributed by atoms with Crippen LogP contribution in [0.4, 0.5) is 11.5 Å². The first-order valence-electron chi connectivity index (χ1n) is 7.23. The van der Waals surface area contributed by atoms with Gasteiger partial charge in [-0.1, -0.05) is 5.16 Å². The minimum atomic E-state index is -0.759. The molecule has 0 unspecified atom stereocenters. The van der Waals surface area contributed by atoms with Crippen molar-refractivity contribution >= 4 is 17.5 Å². The zero-order valence-corrected chi connectivity index (χ0v) is 14.1. The van der Waals surface area contributed by atoms with E-state index in [1.807, 2.05) is 0 Å². The molecule has 2 heterocycles. The van der Waals surface area contributed by atoms with Gasteiger partial charge in [-0.2, -0.15) is 0 Å². The number of aromatic hydroxyl groups is 1. The molecule has 0 bridgehead atoms. The van der Waals surface area contributed by atoms with Crippen LogP contribution in [0.1, 0.15) is 34.2 Å². The van der Waals surface area contributed by atoms with Gasteiger partial charge < -0.3 is 14.4 Å². The Hall–Kier alpha value is -2.97. The fourth-order valence-corrected chi connectivity index (χ4v) is 2.05. The molecule has 0 saturated carbocycles. The summed E-state index contributed by atoms with van der Waals surface area (Å²) in [5.41, 5.74) is -0.0247. The number of aryl methyl sites for hydroxylation is 1. The summed E-state index contributed by atoms with van der Waals surface area (Å²) in [5, 5.41) is 21.8. The van der Waals surface area contributed by atoms with Crippen LogP contribution < -0.4 is 5.56 Å². The SMILES string of the molecule is CCOC(=O)c1c(N=Nc2noc(C)c2C)c(O)n(C)c(=O)c1C. The third-order valence-electron chi connectivity index (χ3n) is 3.62. The van der Waals surface area contributed by atoms with E-state index < -0.39 is 17.4 Å². The van der Waals surface area contributed by atoms with Crippen LogP contribution in [0.2, 0.25) is 0 Å². The summed E-state index contributed by atoms with van der Waals surface area (Å²) < 4.78 is 10.9. The van der Waals surface area contributed by atoms with Crippen LogP contribution in [0, 0.1) is 20.8 Å². The van der Waals surface area contributed by atoms with E-state index in [9.17, 15) is 14.7 Å². The number of carbonyl (C=O) groups excluding carboxylic acids is 1. The first-order valence-corrected chi connectivity index (χ1v) is 7.23. The van der Waals surface area contributed by atoms with E-state index in [1.165, 1.54) is 14.0 Å². The molecule has 128 valence electrons. The number of aromatic nitrogens is 2. The van der Waals surface area contributed by atoms with Crippen molar-refractivity contribution in [3.63, 3.8) is 0 Å². The van der Waals surface area contributed by atoms with E-state index in [-0.39, 0.29) is 29.2 Å². The Morgan fingerprint density at radius 3 is 2.50 bits per heavy atom. The van der Waals surface area contributed by atoms with Gasteiger partial charge in [0.1, 0.15) is 11.3 Å². The molecule has 2 aromatic heterocycles. The lowest BCUT2D eigenvalue weighted by Gasteiger charge is -2.12. The molecule has 2 rings (SSSR count). The van der Waals surface area contributed by atoms with E-state index in [2.05, 4.69) is 15.4 Å². The molecule has 0 aliphatic heterocycles. The number of azo groups is 1. The van der Waals surface area contributed by atoms with Crippen LogP contribution in [-0.4, -0.2) is 27.4 Å². The summed E-state index contributed by atoms with van der Waals surface area (Å²) in [4.78, 5) is 24.3. The highest BCUT2D eigenvalue weighted by atomic mass is 16.5. The predicted molar refractivity (Wildman–Crippen MR) is 84.2 cm³/mol. The van der Waals surface area contributed by atoms with Crippen LogP contribution in [0.15, 0.2) is 19.5 Å². The molecule has 0 aliphatic rings. The molecule has 1 N–H and O–H groups in total. The molecule has 0 aliphatic carbocycles. The molecule has 0 amide bonds. The zero-order chi connectivity index (χ0) is 18.0. The minimum Gasteiger partial charge on any atom is -0.493 e. The quantitative estimate of drug-likeness (QED) is 0.678. The largest absolute Gasteiger partial charge is 0.493 e. The highest BCUT2D eigenvalue weighted by Gasteiger charge is 2.24. The number of rotatable bonds is 4. The predicted octanol–water partition coefficient (Wildman–Crippen LogP) is 2.60. The van der Waals surface area contributed by atoms with Gasteiger partial charge in [0.2, 0.25) is 11.7 Å². The maximum absolute atomic E-state index is 12.2. The first-order chi connectivity index (χ1) is 11.3. The van der Waals surface area contributed by atoms with Crippen LogP contribution in [-0.2, 0) is 11.8 Å². The molecule has 0 spiro atoms. The summed E-state index contributed by atoms with van der Waals surface area (Å²) >= 11 is 0. The molecule has 0 aromatic carbocycles. The van der Waals surface area contributed by atoms with Gasteiger partial charge in [0.25, 0.3) is 5.56 Å². The van der Waals surface area contributed by atoms with Gasteiger partial charge in [-0.25, -0.2) is 4.79 Å². The van der Waals surface area contributed by atoms with Crippen LogP contribution in [0.3, 0.4) is 0 Å². The molecule has 0 radical (unpaired) electrons. The van der Waals surface area contributed by atoms with Gasteiger partial charge in [-0.05, 0) is 27.7 Å². The summed E-state index contributed by atoms with van der Waals surface area (Å²) in [6.07, 6.45) is 0. The van der Waals surface area contributed by atoms with E-state index >= 15 is 0 Å². The third kappa shape index (κ3) is 2.92. The smallest absolute Gasteiger partial charge is 0.341 e. The molecular weight excluding hydrogens is 316 g/mol. The van der Waals surface area contributed by atoms with Crippen molar-refractivity contribution < 1.29 is 19.2 Å². The number of ether oxygens (including phenoxy) is 1. The average molecular weight is 334 g/mol. The van der Waals surface area contributed by atoms with Crippen molar-refractivity contribution in [1.29, 1.82) is 0 Å². The molecule has 9 nitrogen and oxygen atoms in total. The lowest BCUT2D eigenvalue weighted by molar-refractivity contribution is 0.0525. The van der Waals surface area contributed by atoms with Crippen molar-refractivity contribution in [1.82, 2.24) is 9.72 Å². The second-order valence-electron chi connectivity index (χ2n) is 5.14. The lowest BCUT2D eigenvalue weighted by atomic mass is 10.1. The normalized spacial score (nSPS) is 11.2. The lowest BCUT2D eigenvalue weighted by Crippen LogP contribution is -2.23. The number of hydrogen-bond donors (Lipinski definition) is 1. The number of nitrogens with zero attached hydrogens (tertiary/aromatic N) is 4. The van der Waals surface area contributed by atoms with E-state index in [0.29, 0.717) is 11.3 Å². The molecule has 2 aromatic rings. The number of carbonyl (C=O) groups is 1. The third-order valence-corrected chi connectivity index (χ3v) is 3.62. The first kappa shape index (κ1) is 17.4. The standard InChI is InChI=1S/C15H18N4O5/c1-6-23-15(22)10-8(3)13(20)19(5)14(21)11(10)16-17-12-7(2)9(4)24-18-12/h21H,6H2,1-5H3. The van der Waals surface area contributed by atoms with Crippen molar-refractivity contribution in [3.05, 3.63) is 32.8 Å². The Balaban J connectivity index is 2.65. The summed E-state index contributed by atoms with van der Waals surface area (Å²) in [6.45, 7) is 6.68. The van der Waals surface area contributed by atoms with Crippen LogP contribution in [0.5, 0.6) is 5.88 Å². The number of esters is 1. The fourth-order valence-electron chi connectivity index (χ4n) is 2.05. The Morgan fingerprint density at radius 2 is 1.96 bits per heavy atom. The second kappa shape index (κ2) is 6.65. The Bertz CT molecular complexity index is 879. The molecule has 0 fully saturated rings. The highest BCUT2D eigenvalue weighted by Crippen LogP contribution is 2.33. The van der Waals surface area contributed by atoms with E-state index in [4.69, 9.17) is 9.26 Å². The minimum absolute atomic E-state index is 0.107. The van der Waals surface area contributed by atoms with Gasteiger partial charge in [-0.15, -0.1) is 10.2 Å². The number of hydrogen-bond acceptors (Lipinski definition) is 8. The van der Waals surface area contributed by atoms with Crippen molar-refractivity contribution in [2.75, 3.05) is 6.61 Å². The molecule has 0 saturated heterocycles.